The van der Waals surface area contributed by atoms with Gasteiger partial charge in [-0.25, -0.2) is 0 Å². The molecule has 0 aromatic heterocycles. The summed E-state index contributed by atoms with van der Waals surface area (Å²) in [5, 5.41) is 0. The van der Waals surface area contributed by atoms with Crippen LogP contribution in [-0.4, -0.2) is 37.4 Å². The summed E-state index contributed by atoms with van der Waals surface area (Å²) in [4.78, 5) is 2.32. The zero-order valence-electron chi connectivity index (χ0n) is 8.04. The van der Waals surface area contributed by atoms with Crippen LogP contribution in [0.2, 0.25) is 0 Å². The Morgan fingerprint density at radius 1 is 1.58 bits per heavy atom. The van der Waals surface area contributed by atoms with E-state index in [2.05, 4.69) is 18.7 Å². The van der Waals surface area contributed by atoms with Gasteiger partial charge in [-0.15, -0.1) is 0 Å². The average molecular weight is 169 g/mol. The van der Waals surface area contributed by atoms with Crippen LogP contribution in [-0.2, 0) is 9.31 Å². The summed E-state index contributed by atoms with van der Waals surface area (Å²) in [6.07, 6.45) is 2.52. The molecule has 0 radical (unpaired) electrons. The second kappa shape index (κ2) is 2.72. The Morgan fingerprint density at radius 2 is 2.33 bits per heavy atom. The van der Waals surface area contributed by atoms with Crippen LogP contribution in [0.4, 0.5) is 0 Å². The molecule has 0 amide bonds. The molecule has 2 fully saturated rings. The summed E-state index contributed by atoms with van der Waals surface area (Å²) in [5.74, 6) is 0. The van der Waals surface area contributed by atoms with Gasteiger partial charge in [-0.2, -0.15) is 0 Å². The molecule has 2 saturated heterocycles. The molecule has 2 aliphatic rings. The van der Waals surface area contributed by atoms with Gasteiger partial charge < -0.3 is 9.31 Å². The lowest BCUT2D eigenvalue weighted by Gasteiger charge is -2.25. The highest BCUT2D eigenvalue weighted by atomic mass is 16.6. The SMILES string of the molecule is COB1OC(C)(C)C2CCCN12. The van der Waals surface area contributed by atoms with Crippen molar-refractivity contribution in [2.45, 2.75) is 38.3 Å². The Kier molecular flexibility index (Phi) is 1.94. The van der Waals surface area contributed by atoms with Crippen LogP contribution in [0, 0.1) is 0 Å². The lowest BCUT2D eigenvalue weighted by Crippen LogP contribution is -2.39. The lowest BCUT2D eigenvalue weighted by molar-refractivity contribution is 0.0880. The highest BCUT2D eigenvalue weighted by molar-refractivity contribution is 6.42. The average Bonchev–Trinajstić information content (AvgIpc) is 2.54. The van der Waals surface area contributed by atoms with Crippen LogP contribution in [0.1, 0.15) is 26.7 Å². The topological polar surface area (TPSA) is 21.7 Å². The van der Waals surface area contributed by atoms with Gasteiger partial charge in [0.25, 0.3) is 0 Å². The first-order valence-corrected chi connectivity index (χ1v) is 4.61. The minimum atomic E-state index is -0.104. The Morgan fingerprint density at radius 3 is 3.00 bits per heavy atom. The minimum absolute atomic E-state index is 0.0306. The van der Waals surface area contributed by atoms with Crippen molar-refractivity contribution in [3.8, 4) is 0 Å². The van der Waals surface area contributed by atoms with Gasteiger partial charge in [0.05, 0.1) is 5.60 Å². The zero-order valence-corrected chi connectivity index (χ0v) is 8.04. The van der Waals surface area contributed by atoms with E-state index >= 15 is 0 Å². The smallest absolute Gasteiger partial charge is 0.400 e. The van der Waals surface area contributed by atoms with Gasteiger partial charge in [0, 0.05) is 13.2 Å². The molecule has 3 nitrogen and oxygen atoms in total. The fourth-order valence-corrected chi connectivity index (χ4v) is 2.38. The quantitative estimate of drug-likeness (QED) is 0.544. The van der Waals surface area contributed by atoms with Crippen LogP contribution in [0.25, 0.3) is 0 Å². The molecule has 0 aromatic carbocycles. The summed E-state index contributed by atoms with van der Waals surface area (Å²) in [6, 6.07) is 0.558. The van der Waals surface area contributed by atoms with Crippen molar-refractivity contribution in [1.29, 1.82) is 0 Å². The van der Waals surface area contributed by atoms with E-state index in [-0.39, 0.29) is 12.9 Å². The van der Waals surface area contributed by atoms with Gasteiger partial charge >= 0.3 is 7.25 Å². The molecule has 0 spiro atoms. The largest absolute Gasteiger partial charge is 0.558 e. The maximum atomic E-state index is 5.77. The van der Waals surface area contributed by atoms with Crippen molar-refractivity contribution >= 4 is 7.25 Å². The number of fused-ring (bicyclic) bond motifs is 1. The van der Waals surface area contributed by atoms with E-state index < -0.39 is 0 Å². The van der Waals surface area contributed by atoms with Crippen LogP contribution in [0.5, 0.6) is 0 Å². The highest BCUT2D eigenvalue weighted by Crippen LogP contribution is 2.37. The van der Waals surface area contributed by atoms with Crippen molar-refractivity contribution in [2.24, 2.45) is 0 Å². The molecule has 4 heteroatoms. The third-order valence-electron chi connectivity index (χ3n) is 2.97. The predicted molar refractivity (Wildman–Crippen MR) is 47.7 cm³/mol. The second-order valence-electron chi connectivity index (χ2n) is 4.16. The summed E-state index contributed by atoms with van der Waals surface area (Å²) >= 11 is 0. The Hall–Kier alpha value is -0.0551. The Labute approximate surface area is 74.2 Å². The second-order valence-corrected chi connectivity index (χ2v) is 4.16. The molecular weight excluding hydrogens is 153 g/mol. The fraction of sp³-hybridized carbons (Fsp3) is 1.00. The van der Waals surface area contributed by atoms with Crippen molar-refractivity contribution in [2.75, 3.05) is 13.7 Å². The molecule has 0 saturated carbocycles. The molecule has 0 aliphatic carbocycles. The zero-order chi connectivity index (χ0) is 8.77. The van der Waals surface area contributed by atoms with E-state index in [0.717, 1.165) is 6.54 Å². The number of nitrogens with zero attached hydrogens (tertiary/aromatic N) is 1. The van der Waals surface area contributed by atoms with Crippen LogP contribution >= 0.6 is 0 Å². The summed E-state index contributed by atoms with van der Waals surface area (Å²) in [6.45, 7) is 5.41. The molecule has 2 aliphatic heterocycles. The van der Waals surface area contributed by atoms with Crippen molar-refractivity contribution < 1.29 is 9.31 Å². The van der Waals surface area contributed by atoms with Gasteiger partial charge in [0.15, 0.2) is 0 Å². The predicted octanol–water partition coefficient (Wildman–Crippen LogP) is 0.891. The maximum Gasteiger partial charge on any atom is 0.558 e. The van der Waals surface area contributed by atoms with E-state index in [4.69, 9.17) is 9.31 Å². The van der Waals surface area contributed by atoms with Gasteiger partial charge in [0.1, 0.15) is 0 Å². The van der Waals surface area contributed by atoms with Gasteiger partial charge in [-0.3, -0.25) is 4.81 Å². The van der Waals surface area contributed by atoms with E-state index in [1.54, 1.807) is 7.11 Å². The van der Waals surface area contributed by atoms with Crippen molar-refractivity contribution in [1.82, 2.24) is 4.81 Å². The minimum Gasteiger partial charge on any atom is -0.400 e. The Balaban J connectivity index is 2.17. The van der Waals surface area contributed by atoms with Crippen molar-refractivity contribution in [3.05, 3.63) is 0 Å². The molecule has 0 aromatic rings. The van der Waals surface area contributed by atoms with E-state index in [1.165, 1.54) is 12.8 Å². The molecule has 2 heterocycles. The van der Waals surface area contributed by atoms with Crippen LogP contribution < -0.4 is 0 Å². The van der Waals surface area contributed by atoms with Gasteiger partial charge in [-0.1, -0.05) is 0 Å². The van der Waals surface area contributed by atoms with Crippen LogP contribution in [0.3, 0.4) is 0 Å². The summed E-state index contributed by atoms with van der Waals surface area (Å²) in [7, 11) is 1.61. The molecular formula is C8H16BNO2. The molecule has 1 unspecified atom stereocenters. The lowest BCUT2D eigenvalue weighted by atomic mass is 9.98. The first kappa shape index (κ1) is 8.54. The fourth-order valence-electron chi connectivity index (χ4n) is 2.38. The normalized spacial score (nSPS) is 34.2. The molecule has 0 bridgehead atoms. The van der Waals surface area contributed by atoms with E-state index in [9.17, 15) is 0 Å². The third kappa shape index (κ3) is 1.10. The summed E-state index contributed by atoms with van der Waals surface area (Å²) in [5.41, 5.74) is -0.0306. The maximum absolute atomic E-state index is 5.77. The Bertz CT molecular complexity index is 186. The van der Waals surface area contributed by atoms with Gasteiger partial charge in [-0.05, 0) is 33.2 Å². The highest BCUT2D eigenvalue weighted by Gasteiger charge is 2.53. The first-order chi connectivity index (χ1) is 5.65. The van der Waals surface area contributed by atoms with Crippen LogP contribution in [0.15, 0.2) is 0 Å². The van der Waals surface area contributed by atoms with Crippen molar-refractivity contribution in [3.63, 3.8) is 0 Å². The standard InChI is InChI=1S/C8H16BNO2/c1-8(2)7-5-4-6-10(7)9(11-3)12-8/h7H,4-6H2,1-3H3. The molecule has 0 N–H and O–H groups in total. The third-order valence-corrected chi connectivity index (χ3v) is 2.97. The first-order valence-electron chi connectivity index (χ1n) is 4.61. The monoisotopic (exact) mass is 169 g/mol. The van der Waals surface area contributed by atoms with Gasteiger partial charge in [0.2, 0.25) is 0 Å². The molecule has 68 valence electrons. The molecule has 2 rings (SSSR count). The van der Waals surface area contributed by atoms with E-state index in [0.29, 0.717) is 6.04 Å². The number of hydrogen-bond acceptors (Lipinski definition) is 3. The molecule has 1 atom stereocenters. The number of rotatable bonds is 1. The number of hydrogen-bond donors (Lipinski definition) is 0. The molecule has 12 heavy (non-hydrogen) atoms. The van der Waals surface area contributed by atoms with E-state index in [1.807, 2.05) is 0 Å². The summed E-state index contributed by atoms with van der Waals surface area (Å²) < 4.78 is 11.0.